The molecule has 1 saturated carbocycles. The predicted molar refractivity (Wildman–Crippen MR) is 101 cm³/mol. The van der Waals surface area contributed by atoms with E-state index in [1.165, 1.54) is 6.07 Å². The van der Waals surface area contributed by atoms with Gasteiger partial charge in [0.2, 0.25) is 11.8 Å². The van der Waals surface area contributed by atoms with Crippen LogP contribution in [0.3, 0.4) is 0 Å². The Bertz CT molecular complexity index is 814. The Labute approximate surface area is 160 Å². The number of para-hydroxylation sites is 1. The number of rotatable bonds is 4. The zero-order valence-corrected chi connectivity index (χ0v) is 15.2. The molecule has 2 amide bonds. The average Bonchev–Trinajstić information content (AvgIpc) is 2.66. The van der Waals surface area contributed by atoms with E-state index in [2.05, 4.69) is 10.6 Å². The molecule has 27 heavy (non-hydrogen) atoms. The lowest BCUT2D eigenvalue weighted by Gasteiger charge is -2.27. The van der Waals surface area contributed by atoms with Gasteiger partial charge >= 0.3 is 0 Å². The van der Waals surface area contributed by atoms with Gasteiger partial charge in [0.05, 0.1) is 0 Å². The molecule has 0 bridgehead atoms. The molecule has 0 aliphatic heterocycles. The lowest BCUT2D eigenvalue weighted by Crippen LogP contribution is -2.32. The normalized spacial score (nSPS) is 19.4. The Kier molecular flexibility index (Phi) is 6.06. The minimum absolute atomic E-state index is 0.101. The minimum atomic E-state index is -0.806. The summed E-state index contributed by atoms with van der Waals surface area (Å²) >= 11 is 5.82. The monoisotopic (exact) mass is 392 g/mol. The van der Waals surface area contributed by atoms with Gasteiger partial charge in [-0.05, 0) is 62.1 Å². The molecule has 0 saturated heterocycles. The van der Waals surface area contributed by atoms with Crippen molar-refractivity contribution in [1.29, 1.82) is 0 Å². The zero-order valence-electron chi connectivity index (χ0n) is 14.5. The first-order chi connectivity index (χ1) is 12.9. The van der Waals surface area contributed by atoms with Crippen molar-refractivity contribution in [2.75, 3.05) is 10.6 Å². The molecule has 3 rings (SSSR count). The summed E-state index contributed by atoms with van der Waals surface area (Å²) < 4.78 is 27.3. The van der Waals surface area contributed by atoms with Gasteiger partial charge in [0.25, 0.3) is 0 Å². The molecule has 0 atom stereocenters. The van der Waals surface area contributed by atoms with Crippen molar-refractivity contribution in [3.8, 4) is 0 Å². The third kappa shape index (κ3) is 4.83. The van der Waals surface area contributed by atoms with Crippen LogP contribution < -0.4 is 10.6 Å². The molecule has 1 aliphatic rings. The van der Waals surface area contributed by atoms with E-state index >= 15 is 0 Å². The van der Waals surface area contributed by atoms with Gasteiger partial charge in [-0.2, -0.15) is 0 Å². The number of benzene rings is 2. The van der Waals surface area contributed by atoms with Crippen LogP contribution in [-0.2, 0) is 9.59 Å². The summed E-state index contributed by atoms with van der Waals surface area (Å²) in [5.74, 6) is -2.70. The maximum absolute atomic E-state index is 13.7. The van der Waals surface area contributed by atoms with Crippen LogP contribution in [0.2, 0.25) is 5.02 Å². The molecule has 142 valence electrons. The Morgan fingerprint density at radius 1 is 0.815 bits per heavy atom. The van der Waals surface area contributed by atoms with Gasteiger partial charge in [0, 0.05) is 22.5 Å². The standard InChI is InChI=1S/C20H19ClF2N2O2/c21-14-8-10-15(11-9-14)24-19(26)12-4-6-13(7-5-12)20(27)25-18-16(22)2-1-3-17(18)23/h1-3,8-13H,4-7H2,(H,24,26)(H,25,27). The fourth-order valence-corrected chi connectivity index (χ4v) is 3.36. The fraction of sp³-hybridized carbons (Fsp3) is 0.300. The molecule has 0 unspecified atom stereocenters. The quantitative estimate of drug-likeness (QED) is 0.769. The van der Waals surface area contributed by atoms with Crippen LogP contribution in [0.4, 0.5) is 20.2 Å². The molecule has 0 radical (unpaired) electrons. The van der Waals surface area contributed by atoms with E-state index in [1.54, 1.807) is 24.3 Å². The van der Waals surface area contributed by atoms with Gasteiger partial charge in [-0.1, -0.05) is 17.7 Å². The summed E-state index contributed by atoms with van der Waals surface area (Å²) in [6, 6.07) is 10.3. The van der Waals surface area contributed by atoms with Crippen LogP contribution in [0.5, 0.6) is 0 Å². The van der Waals surface area contributed by atoms with E-state index in [0.717, 1.165) is 12.1 Å². The van der Waals surface area contributed by atoms with Crippen molar-refractivity contribution in [1.82, 2.24) is 0 Å². The lowest BCUT2D eigenvalue weighted by molar-refractivity contribution is -0.125. The van der Waals surface area contributed by atoms with E-state index in [1.807, 2.05) is 0 Å². The number of carbonyl (C=O) groups is 2. The van der Waals surface area contributed by atoms with Gasteiger partial charge in [-0.3, -0.25) is 9.59 Å². The Morgan fingerprint density at radius 2 is 1.30 bits per heavy atom. The van der Waals surface area contributed by atoms with Crippen LogP contribution >= 0.6 is 11.6 Å². The highest BCUT2D eigenvalue weighted by Crippen LogP contribution is 2.31. The van der Waals surface area contributed by atoms with E-state index in [0.29, 0.717) is 36.4 Å². The Morgan fingerprint density at radius 3 is 1.81 bits per heavy atom. The second kappa shape index (κ2) is 8.48. The van der Waals surface area contributed by atoms with Crippen molar-refractivity contribution in [3.63, 3.8) is 0 Å². The summed E-state index contributed by atoms with van der Waals surface area (Å²) in [5, 5.41) is 5.76. The van der Waals surface area contributed by atoms with Crippen LogP contribution in [0.15, 0.2) is 42.5 Å². The van der Waals surface area contributed by atoms with E-state index in [9.17, 15) is 18.4 Å². The minimum Gasteiger partial charge on any atom is -0.326 e. The molecular formula is C20H19ClF2N2O2. The second-order valence-corrected chi connectivity index (χ2v) is 7.07. The topological polar surface area (TPSA) is 58.2 Å². The van der Waals surface area contributed by atoms with E-state index < -0.39 is 23.2 Å². The molecule has 7 heteroatoms. The van der Waals surface area contributed by atoms with Crippen molar-refractivity contribution in [3.05, 3.63) is 59.1 Å². The molecule has 1 fully saturated rings. The first kappa shape index (κ1) is 19.3. The number of hydrogen-bond donors (Lipinski definition) is 2. The summed E-state index contributed by atoms with van der Waals surface area (Å²) in [4.78, 5) is 24.7. The maximum atomic E-state index is 13.7. The van der Waals surface area contributed by atoms with Gasteiger partial charge in [-0.25, -0.2) is 8.78 Å². The summed E-state index contributed by atoms with van der Waals surface area (Å²) in [6.07, 6.45) is 2.05. The Hall–Kier alpha value is -2.47. The third-order valence-electron chi connectivity index (χ3n) is 4.79. The highest BCUT2D eigenvalue weighted by Gasteiger charge is 2.30. The molecule has 2 aromatic rings. The summed E-state index contributed by atoms with van der Waals surface area (Å²) in [5.41, 5.74) is 0.240. The molecule has 4 nitrogen and oxygen atoms in total. The van der Waals surface area contributed by atoms with Crippen LogP contribution in [0.25, 0.3) is 0 Å². The van der Waals surface area contributed by atoms with Gasteiger partial charge in [0.1, 0.15) is 17.3 Å². The average molecular weight is 393 g/mol. The van der Waals surface area contributed by atoms with Crippen molar-refractivity contribution in [2.24, 2.45) is 11.8 Å². The van der Waals surface area contributed by atoms with Crippen LogP contribution in [0, 0.1) is 23.5 Å². The number of hydrogen-bond acceptors (Lipinski definition) is 2. The van der Waals surface area contributed by atoms with Crippen LogP contribution in [0.1, 0.15) is 25.7 Å². The van der Waals surface area contributed by atoms with Crippen molar-refractivity contribution in [2.45, 2.75) is 25.7 Å². The zero-order chi connectivity index (χ0) is 19.4. The largest absolute Gasteiger partial charge is 0.326 e. The molecule has 2 aromatic carbocycles. The first-order valence-corrected chi connectivity index (χ1v) is 9.13. The molecular weight excluding hydrogens is 374 g/mol. The second-order valence-electron chi connectivity index (χ2n) is 6.63. The smallest absolute Gasteiger partial charge is 0.227 e. The number of anilines is 2. The number of halogens is 3. The SMILES string of the molecule is O=C(Nc1ccc(Cl)cc1)C1CCC(C(=O)Nc2c(F)cccc2F)CC1. The third-order valence-corrected chi connectivity index (χ3v) is 5.04. The van der Waals surface area contributed by atoms with E-state index in [-0.39, 0.29) is 17.7 Å². The summed E-state index contributed by atoms with van der Waals surface area (Å²) in [7, 11) is 0. The van der Waals surface area contributed by atoms with Gasteiger partial charge < -0.3 is 10.6 Å². The summed E-state index contributed by atoms with van der Waals surface area (Å²) in [6.45, 7) is 0. The molecule has 2 N–H and O–H groups in total. The van der Waals surface area contributed by atoms with Crippen molar-refractivity contribution < 1.29 is 18.4 Å². The highest BCUT2D eigenvalue weighted by atomic mass is 35.5. The number of carbonyl (C=O) groups excluding carboxylic acids is 2. The molecule has 0 aromatic heterocycles. The van der Waals surface area contributed by atoms with Gasteiger partial charge in [0.15, 0.2) is 0 Å². The lowest BCUT2D eigenvalue weighted by atomic mass is 9.81. The number of amides is 2. The molecule has 0 heterocycles. The van der Waals surface area contributed by atoms with E-state index in [4.69, 9.17) is 11.6 Å². The fourth-order valence-electron chi connectivity index (χ4n) is 3.24. The van der Waals surface area contributed by atoms with Gasteiger partial charge in [-0.15, -0.1) is 0 Å². The highest BCUT2D eigenvalue weighted by molar-refractivity contribution is 6.30. The molecule has 1 aliphatic carbocycles. The predicted octanol–water partition coefficient (Wildman–Crippen LogP) is 5.00. The first-order valence-electron chi connectivity index (χ1n) is 8.75. The molecule has 0 spiro atoms. The van der Waals surface area contributed by atoms with Crippen molar-refractivity contribution >= 4 is 34.8 Å². The number of nitrogens with one attached hydrogen (secondary N) is 2. The maximum Gasteiger partial charge on any atom is 0.227 e. The van der Waals surface area contributed by atoms with Crippen LogP contribution in [-0.4, -0.2) is 11.8 Å². The Balaban J connectivity index is 1.53.